The highest BCUT2D eigenvalue weighted by atomic mass is 79.9. The molecule has 19 heavy (non-hydrogen) atoms. The largest absolute Gasteiger partial charge is 0.381 e. The van der Waals surface area contributed by atoms with Gasteiger partial charge in [-0.2, -0.15) is 0 Å². The second-order valence-electron chi connectivity index (χ2n) is 4.85. The van der Waals surface area contributed by atoms with Crippen molar-refractivity contribution in [1.82, 2.24) is 0 Å². The van der Waals surface area contributed by atoms with Gasteiger partial charge >= 0.3 is 0 Å². The summed E-state index contributed by atoms with van der Waals surface area (Å²) in [5, 5.41) is 3.53. The highest BCUT2D eigenvalue weighted by Gasteiger charge is 2.04. The van der Waals surface area contributed by atoms with Crippen LogP contribution < -0.4 is 5.32 Å². The summed E-state index contributed by atoms with van der Waals surface area (Å²) in [6.45, 7) is 7.20. The monoisotopic (exact) mass is 381 g/mol. The molecule has 0 aromatic heterocycles. The van der Waals surface area contributed by atoms with Gasteiger partial charge in [0.1, 0.15) is 0 Å². The van der Waals surface area contributed by atoms with Crippen LogP contribution in [0.2, 0.25) is 0 Å². The van der Waals surface area contributed by atoms with Crippen LogP contribution in [-0.4, -0.2) is 0 Å². The third-order valence-electron chi connectivity index (χ3n) is 3.20. The molecule has 0 atom stereocenters. The minimum atomic E-state index is 0.836. The molecule has 0 aliphatic rings. The highest BCUT2D eigenvalue weighted by molar-refractivity contribution is 9.10. The van der Waals surface area contributed by atoms with E-state index in [9.17, 15) is 0 Å². The van der Waals surface area contributed by atoms with E-state index in [0.29, 0.717) is 0 Å². The Hall–Kier alpha value is -0.800. The smallest absolute Gasteiger partial charge is 0.0403 e. The third-order valence-corrected chi connectivity index (χ3v) is 4.52. The van der Waals surface area contributed by atoms with Gasteiger partial charge < -0.3 is 5.32 Å². The Kier molecular flexibility index (Phi) is 4.69. The Morgan fingerprint density at radius 3 is 2.11 bits per heavy atom. The number of benzene rings is 2. The Morgan fingerprint density at radius 2 is 1.53 bits per heavy atom. The minimum absolute atomic E-state index is 0.836. The molecule has 0 bridgehead atoms. The van der Waals surface area contributed by atoms with Crippen LogP contribution in [0.3, 0.4) is 0 Å². The molecule has 1 N–H and O–H groups in total. The fraction of sp³-hybridized carbons (Fsp3) is 0.250. The van der Waals surface area contributed by atoms with Crippen LogP contribution in [0.15, 0.2) is 39.3 Å². The SMILES string of the molecule is Cc1ccc(CNc2c(C)cc(Br)cc2C)cc1Br. The van der Waals surface area contributed by atoms with Crippen molar-refractivity contribution in [2.75, 3.05) is 5.32 Å². The van der Waals surface area contributed by atoms with Crippen molar-refractivity contribution in [3.8, 4) is 0 Å². The molecule has 2 aromatic rings. The Bertz CT molecular complexity index is 583. The molecule has 0 spiro atoms. The number of hydrogen-bond donors (Lipinski definition) is 1. The summed E-state index contributed by atoms with van der Waals surface area (Å²) >= 11 is 7.10. The minimum Gasteiger partial charge on any atom is -0.381 e. The number of aryl methyl sites for hydroxylation is 3. The van der Waals surface area contributed by atoms with Crippen LogP contribution >= 0.6 is 31.9 Å². The number of halogens is 2. The molecule has 3 heteroatoms. The second kappa shape index (κ2) is 6.10. The molecule has 0 fully saturated rings. The van der Waals surface area contributed by atoms with Gasteiger partial charge in [-0.25, -0.2) is 0 Å². The van der Waals surface area contributed by atoms with Gasteiger partial charge in [0.25, 0.3) is 0 Å². The van der Waals surface area contributed by atoms with Gasteiger partial charge in [0, 0.05) is 21.2 Å². The van der Waals surface area contributed by atoms with E-state index in [1.54, 1.807) is 0 Å². The normalized spacial score (nSPS) is 10.6. The van der Waals surface area contributed by atoms with Gasteiger partial charge in [0.05, 0.1) is 0 Å². The number of rotatable bonds is 3. The number of hydrogen-bond acceptors (Lipinski definition) is 1. The van der Waals surface area contributed by atoms with Gasteiger partial charge in [0.15, 0.2) is 0 Å². The molecule has 0 aliphatic carbocycles. The molecule has 2 rings (SSSR count). The summed E-state index contributed by atoms with van der Waals surface area (Å²) in [4.78, 5) is 0. The van der Waals surface area contributed by atoms with E-state index in [2.05, 4.69) is 88.3 Å². The van der Waals surface area contributed by atoms with Gasteiger partial charge in [-0.1, -0.05) is 44.0 Å². The van der Waals surface area contributed by atoms with E-state index in [4.69, 9.17) is 0 Å². The Balaban J connectivity index is 2.16. The Morgan fingerprint density at radius 1 is 0.895 bits per heavy atom. The molecule has 2 aromatic carbocycles. The van der Waals surface area contributed by atoms with Crippen molar-refractivity contribution in [1.29, 1.82) is 0 Å². The Labute approximate surface area is 131 Å². The van der Waals surface area contributed by atoms with Crippen molar-refractivity contribution in [3.63, 3.8) is 0 Å². The van der Waals surface area contributed by atoms with E-state index in [0.717, 1.165) is 15.5 Å². The topological polar surface area (TPSA) is 12.0 Å². The number of nitrogens with one attached hydrogen (secondary N) is 1. The third kappa shape index (κ3) is 3.61. The van der Waals surface area contributed by atoms with Crippen LogP contribution in [0.25, 0.3) is 0 Å². The molecular formula is C16H17Br2N. The summed E-state index contributed by atoms with van der Waals surface area (Å²) in [5.41, 5.74) is 6.29. The van der Waals surface area contributed by atoms with Crippen LogP contribution in [0.1, 0.15) is 22.3 Å². The lowest BCUT2D eigenvalue weighted by Gasteiger charge is -2.14. The first-order chi connectivity index (χ1) is 8.97. The first-order valence-electron chi connectivity index (χ1n) is 6.23. The van der Waals surface area contributed by atoms with Crippen molar-refractivity contribution < 1.29 is 0 Å². The van der Waals surface area contributed by atoms with E-state index >= 15 is 0 Å². The van der Waals surface area contributed by atoms with Crippen molar-refractivity contribution in [2.45, 2.75) is 27.3 Å². The zero-order chi connectivity index (χ0) is 14.0. The predicted octanol–water partition coefficient (Wildman–Crippen LogP) is 5.75. The van der Waals surface area contributed by atoms with Gasteiger partial charge in [-0.05, 0) is 61.2 Å². The maximum atomic E-state index is 3.58. The second-order valence-corrected chi connectivity index (χ2v) is 6.62. The van der Waals surface area contributed by atoms with E-state index < -0.39 is 0 Å². The molecule has 0 saturated carbocycles. The molecule has 0 unspecified atom stereocenters. The highest BCUT2D eigenvalue weighted by Crippen LogP contribution is 2.26. The zero-order valence-electron chi connectivity index (χ0n) is 11.3. The van der Waals surface area contributed by atoms with E-state index in [-0.39, 0.29) is 0 Å². The van der Waals surface area contributed by atoms with Gasteiger partial charge in [-0.3, -0.25) is 0 Å². The number of anilines is 1. The maximum Gasteiger partial charge on any atom is 0.0403 e. The molecule has 0 heterocycles. The lowest BCUT2D eigenvalue weighted by atomic mass is 10.1. The first kappa shape index (κ1) is 14.6. The van der Waals surface area contributed by atoms with Gasteiger partial charge in [-0.15, -0.1) is 0 Å². The molecule has 100 valence electrons. The molecule has 0 saturated heterocycles. The zero-order valence-corrected chi connectivity index (χ0v) is 14.5. The summed E-state index contributed by atoms with van der Waals surface area (Å²) in [6.07, 6.45) is 0. The molecule has 0 aliphatic heterocycles. The summed E-state index contributed by atoms with van der Waals surface area (Å²) in [7, 11) is 0. The fourth-order valence-corrected chi connectivity index (χ4v) is 3.24. The average molecular weight is 383 g/mol. The van der Waals surface area contributed by atoms with Crippen molar-refractivity contribution >= 4 is 37.5 Å². The molecular weight excluding hydrogens is 366 g/mol. The average Bonchev–Trinajstić information content (AvgIpc) is 2.32. The maximum absolute atomic E-state index is 3.58. The predicted molar refractivity (Wildman–Crippen MR) is 89.8 cm³/mol. The quantitative estimate of drug-likeness (QED) is 0.712. The molecule has 0 radical (unpaired) electrons. The standard InChI is InChI=1S/C16H17Br2N/c1-10-4-5-13(8-15(10)18)9-19-16-11(2)6-14(17)7-12(16)3/h4-8,19H,9H2,1-3H3. The van der Waals surface area contributed by atoms with Gasteiger partial charge in [0.2, 0.25) is 0 Å². The lowest BCUT2D eigenvalue weighted by molar-refractivity contribution is 1.12. The lowest BCUT2D eigenvalue weighted by Crippen LogP contribution is -2.03. The van der Waals surface area contributed by atoms with Crippen LogP contribution in [0.5, 0.6) is 0 Å². The molecule has 0 amide bonds. The van der Waals surface area contributed by atoms with Crippen molar-refractivity contribution in [2.24, 2.45) is 0 Å². The van der Waals surface area contributed by atoms with Crippen LogP contribution in [0, 0.1) is 20.8 Å². The first-order valence-corrected chi connectivity index (χ1v) is 7.81. The van der Waals surface area contributed by atoms with Crippen LogP contribution in [-0.2, 0) is 6.54 Å². The fourth-order valence-electron chi connectivity index (χ4n) is 2.13. The summed E-state index contributed by atoms with van der Waals surface area (Å²) in [6, 6.07) is 10.8. The summed E-state index contributed by atoms with van der Waals surface area (Å²) < 4.78 is 2.29. The van der Waals surface area contributed by atoms with Crippen LogP contribution in [0.4, 0.5) is 5.69 Å². The van der Waals surface area contributed by atoms with Crippen molar-refractivity contribution in [3.05, 3.63) is 61.5 Å². The summed E-state index contributed by atoms with van der Waals surface area (Å²) in [5.74, 6) is 0. The van der Waals surface area contributed by atoms with E-state index in [1.807, 2.05) is 0 Å². The molecule has 1 nitrogen and oxygen atoms in total. The van der Waals surface area contributed by atoms with E-state index in [1.165, 1.54) is 27.9 Å².